The Balaban J connectivity index is 1.36. The van der Waals surface area contributed by atoms with Crippen molar-refractivity contribution in [2.45, 2.75) is 0 Å². The Hall–Kier alpha value is -4.47. The van der Waals surface area contributed by atoms with Crippen LogP contribution < -0.4 is 15.4 Å². The molecule has 10 heteroatoms. The van der Waals surface area contributed by atoms with Gasteiger partial charge < -0.3 is 19.8 Å². The number of aromatic nitrogens is 4. The van der Waals surface area contributed by atoms with Crippen LogP contribution in [0.15, 0.2) is 78.1 Å². The monoisotopic (exact) mass is 404 g/mol. The van der Waals surface area contributed by atoms with Gasteiger partial charge in [-0.15, -0.1) is 0 Å². The quantitative estimate of drug-likeness (QED) is 0.485. The van der Waals surface area contributed by atoms with E-state index in [1.807, 2.05) is 0 Å². The van der Waals surface area contributed by atoms with Gasteiger partial charge in [0.15, 0.2) is 18.2 Å². The summed E-state index contributed by atoms with van der Waals surface area (Å²) >= 11 is 0. The van der Waals surface area contributed by atoms with Crippen LogP contribution in [0.25, 0.3) is 5.82 Å². The van der Waals surface area contributed by atoms with Crippen LogP contribution in [0.4, 0.5) is 11.4 Å². The van der Waals surface area contributed by atoms with Gasteiger partial charge in [-0.2, -0.15) is 5.10 Å². The molecule has 4 aromatic rings. The second-order valence-corrected chi connectivity index (χ2v) is 6.01. The summed E-state index contributed by atoms with van der Waals surface area (Å²) in [4.78, 5) is 32.5. The maximum atomic E-state index is 12.3. The van der Waals surface area contributed by atoms with E-state index >= 15 is 0 Å². The highest BCUT2D eigenvalue weighted by Gasteiger charge is 2.12. The van der Waals surface area contributed by atoms with E-state index in [0.717, 1.165) is 0 Å². The van der Waals surface area contributed by atoms with Crippen LogP contribution in [0.1, 0.15) is 10.6 Å². The number of furan rings is 1. The lowest BCUT2D eigenvalue weighted by atomic mass is 10.3. The molecule has 0 fully saturated rings. The van der Waals surface area contributed by atoms with Crippen molar-refractivity contribution < 1.29 is 18.7 Å². The van der Waals surface area contributed by atoms with Gasteiger partial charge in [0.05, 0.1) is 12.0 Å². The van der Waals surface area contributed by atoms with Crippen molar-refractivity contribution in [3.63, 3.8) is 0 Å². The Morgan fingerprint density at radius 2 is 2.03 bits per heavy atom. The average molecular weight is 404 g/mol. The molecule has 10 nitrogen and oxygen atoms in total. The minimum absolute atomic E-state index is 0.195. The molecule has 2 N–H and O–H groups in total. The van der Waals surface area contributed by atoms with Gasteiger partial charge in [0, 0.05) is 18.0 Å². The van der Waals surface area contributed by atoms with Gasteiger partial charge in [0.25, 0.3) is 11.8 Å². The first-order valence-corrected chi connectivity index (χ1v) is 8.86. The van der Waals surface area contributed by atoms with Crippen molar-refractivity contribution in [2.24, 2.45) is 0 Å². The molecule has 3 heterocycles. The van der Waals surface area contributed by atoms with Crippen molar-refractivity contribution in [2.75, 3.05) is 17.2 Å². The summed E-state index contributed by atoms with van der Waals surface area (Å²) in [7, 11) is 0. The van der Waals surface area contributed by atoms with Crippen LogP contribution in [0, 0.1) is 0 Å². The Kier molecular flexibility index (Phi) is 5.47. The first-order valence-electron chi connectivity index (χ1n) is 8.86. The number of hydrogen-bond acceptors (Lipinski definition) is 7. The molecule has 0 bridgehead atoms. The Morgan fingerprint density at radius 3 is 2.83 bits per heavy atom. The number of nitrogens with zero attached hydrogens (tertiary/aromatic N) is 4. The maximum absolute atomic E-state index is 12.3. The fourth-order valence-corrected chi connectivity index (χ4v) is 2.59. The molecule has 0 spiro atoms. The van der Waals surface area contributed by atoms with E-state index < -0.39 is 0 Å². The Morgan fingerprint density at radius 1 is 1.10 bits per heavy atom. The number of rotatable bonds is 7. The number of benzene rings is 1. The lowest BCUT2D eigenvalue weighted by Crippen LogP contribution is -2.21. The molecule has 30 heavy (non-hydrogen) atoms. The van der Waals surface area contributed by atoms with Crippen LogP contribution in [-0.2, 0) is 4.79 Å². The van der Waals surface area contributed by atoms with E-state index in [9.17, 15) is 9.59 Å². The number of carbonyl (C=O) groups excluding carboxylic acids is 2. The van der Waals surface area contributed by atoms with E-state index in [2.05, 4.69) is 25.7 Å². The second kappa shape index (κ2) is 8.69. The highest BCUT2D eigenvalue weighted by atomic mass is 16.5. The highest BCUT2D eigenvalue weighted by Crippen LogP contribution is 2.19. The van der Waals surface area contributed by atoms with E-state index in [1.54, 1.807) is 54.7 Å². The lowest BCUT2D eigenvalue weighted by Gasteiger charge is -2.11. The topological polar surface area (TPSA) is 124 Å². The average Bonchev–Trinajstić information content (AvgIpc) is 3.47. The van der Waals surface area contributed by atoms with Crippen LogP contribution in [0.3, 0.4) is 0 Å². The number of nitrogens with one attached hydrogen (secondary N) is 2. The number of carbonyl (C=O) groups is 2. The smallest absolute Gasteiger partial charge is 0.291 e. The standard InChI is InChI=1S/C20H16N6O4/c27-18(25-16-6-2-8-22-19(16)26-13-21-12-23-26)11-30-15-5-1-4-14(10-15)24-20(28)17-7-3-9-29-17/h1-10,12-13H,11H2,(H,24,28)(H,25,27). The predicted octanol–water partition coefficient (Wildman–Crippen LogP) is 2.53. The van der Waals surface area contributed by atoms with E-state index in [-0.39, 0.29) is 24.2 Å². The summed E-state index contributed by atoms with van der Waals surface area (Å²) in [5.74, 6) is 0.290. The third-order valence-electron chi connectivity index (χ3n) is 3.90. The summed E-state index contributed by atoms with van der Waals surface area (Å²) in [5, 5.41) is 9.45. The lowest BCUT2D eigenvalue weighted by molar-refractivity contribution is -0.118. The third kappa shape index (κ3) is 4.50. The molecule has 0 unspecified atom stereocenters. The number of anilines is 2. The number of hydrogen-bond donors (Lipinski definition) is 2. The number of pyridine rings is 1. The number of ether oxygens (including phenoxy) is 1. The summed E-state index contributed by atoms with van der Waals surface area (Å²) in [6.07, 6.45) is 5.87. The highest BCUT2D eigenvalue weighted by molar-refractivity contribution is 6.02. The molecule has 0 saturated heterocycles. The van der Waals surface area contributed by atoms with Crippen LogP contribution >= 0.6 is 0 Å². The van der Waals surface area contributed by atoms with Gasteiger partial charge in [-0.05, 0) is 36.4 Å². The summed E-state index contributed by atoms with van der Waals surface area (Å²) < 4.78 is 12.0. The van der Waals surface area contributed by atoms with Gasteiger partial charge in [-0.3, -0.25) is 9.59 Å². The minimum atomic E-state index is -0.382. The molecule has 0 atom stereocenters. The van der Waals surface area contributed by atoms with Crippen molar-refractivity contribution in [1.82, 2.24) is 19.7 Å². The molecular formula is C20H16N6O4. The van der Waals surface area contributed by atoms with Crippen LogP contribution in [0.5, 0.6) is 5.75 Å². The molecule has 4 rings (SSSR count). The zero-order chi connectivity index (χ0) is 20.8. The molecule has 1 aromatic carbocycles. The zero-order valence-electron chi connectivity index (χ0n) is 15.6. The molecule has 0 aliphatic carbocycles. The van der Waals surface area contributed by atoms with Gasteiger partial charge >= 0.3 is 0 Å². The van der Waals surface area contributed by atoms with Crippen molar-refractivity contribution >= 4 is 23.2 Å². The molecule has 0 radical (unpaired) electrons. The summed E-state index contributed by atoms with van der Waals surface area (Å²) in [5.41, 5.74) is 0.978. The van der Waals surface area contributed by atoms with Crippen LogP contribution in [-0.4, -0.2) is 38.2 Å². The molecule has 3 aromatic heterocycles. The van der Waals surface area contributed by atoms with Crippen molar-refractivity contribution in [3.8, 4) is 11.6 Å². The summed E-state index contributed by atoms with van der Waals surface area (Å²) in [6, 6.07) is 13.3. The first-order chi connectivity index (χ1) is 14.7. The van der Waals surface area contributed by atoms with Crippen molar-refractivity contribution in [3.05, 3.63) is 79.4 Å². The largest absolute Gasteiger partial charge is 0.484 e. The summed E-state index contributed by atoms with van der Waals surface area (Å²) in [6.45, 7) is -0.235. The van der Waals surface area contributed by atoms with Gasteiger partial charge in [-0.1, -0.05) is 6.07 Å². The second-order valence-electron chi connectivity index (χ2n) is 6.01. The zero-order valence-corrected chi connectivity index (χ0v) is 15.6. The molecular weight excluding hydrogens is 388 g/mol. The van der Waals surface area contributed by atoms with E-state index in [1.165, 1.54) is 23.6 Å². The van der Waals surface area contributed by atoms with Gasteiger partial charge in [-0.25, -0.2) is 14.6 Å². The maximum Gasteiger partial charge on any atom is 0.291 e. The van der Waals surface area contributed by atoms with Crippen LogP contribution in [0.2, 0.25) is 0 Å². The molecule has 0 aliphatic rings. The van der Waals surface area contributed by atoms with Gasteiger partial charge in [0.2, 0.25) is 0 Å². The van der Waals surface area contributed by atoms with E-state index in [0.29, 0.717) is 22.9 Å². The SMILES string of the molecule is O=C(COc1cccc(NC(=O)c2ccco2)c1)Nc1cccnc1-n1cncn1. The molecule has 0 aliphatic heterocycles. The fourth-order valence-electron chi connectivity index (χ4n) is 2.59. The molecule has 2 amide bonds. The Labute approximate surface area is 170 Å². The number of amides is 2. The van der Waals surface area contributed by atoms with Crippen molar-refractivity contribution in [1.29, 1.82) is 0 Å². The third-order valence-corrected chi connectivity index (χ3v) is 3.90. The van der Waals surface area contributed by atoms with E-state index in [4.69, 9.17) is 9.15 Å². The first kappa shape index (κ1) is 18.9. The molecule has 150 valence electrons. The molecule has 0 saturated carbocycles. The normalized spacial score (nSPS) is 10.4. The predicted molar refractivity (Wildman–Crippen MR) is 106 cm³/mol. The fraction of sp³-hybridized carbons (Fsp3) is 0.0500. The minimum Gasteiger partial charge on any atom is -0.484 e. The van der Waals surface area contributed by atoms with Gasteiger partial charge in [0.1, 0.15) is 18.4 Å². The Bertz CT molecular complexity index is 1140.